The number of likely N-dealkylation sites (N-methyl/N-ethyl adjacent to an activating group) is 1. The number of hydrogen-bond donors (Lipinski definition) is 1. The lowest BCUT2D eigenvalue weighted by Gasteiger charge is -2.17. The van der Waals surface area contributed by atoms with Gasteiger partial charge in [-0.3, -0.25) is 9.78 Å². The van der Waals surface area contributed by atoms with Crippen molar-refractivity contribution in [3.05, 3.63) is 30.1 Å². The molecule has 0 bridgehead atoms. The summed E-state index contributed by atoms with van der Waals surface area (Å²) in [5.74, 6) is -0.348. The van der Waals surface area contributed by atoms with Crippen LogP contribution >= 0.6 is 0 Å². The third kappa shape index (κ3) is 4.42. The molecule has 1 aromatic rings. The molecule has 1 heterocycles. The molecule has 1 rings (SSSR count). The van der Waals surface area contributed by atoms with Crippen molar-refractivity contribution in [2.45, 2.75) is 13.0 Å². The molecule has 1 atom stereocenters. The van der Waals surface area contributed by atoms with Gasteiger partial charge in [0.05, 0.1) is 18.8 Å². The highest BCUT2D eigenvalue weighted by Crippen LogP contribution is 2.09. The van der Waals surface area contributed by atoms with Gasteiger partial charge in [0, 0.05) is 19.4 Å². The Morgan fingerprint density at radius 3 is 2.72 bits per heavy atom. The average molecular weight is 271 g/mol. The van der Waals surface area contributed by atoms with Gasteiger partial charge in [-0.25, -0.2) is 8.42 Å². The molecule has 1 amide bonds. The van der Waals surface area contributed by atoms with Gasteiger partial charge in [0.1, 0.15) is 0 Å². The minimum absolute atomic E-state index is 0.191. The van der Waals surface area contributed by atoms with Crippen LogP contribution in [-0.2, 0) is 14.8 Å². The summed E-state index contributed by atoms with van der Waals surface area (Å²) in [6.45, 7) is 1.62. The predicted octanol–water partition coefficient (Wildman–Crippen LogP) is 0.150. The lowest BCUT2D eigenvalue weighted by molar-refractivity contribution is -0.121. The maximum Gasteiger partial charge on any atom is 0.235 e. The number of amides is 1. The SMILES string of the molecule is C[C@@H](NC(=O)CN(C)S(C)(=O)=O)c1cccnc1. The van der Waals surface area contributed by atoms with Gasteiger partial charge < -0.3 is 5.32 Å². The predicted molar refractivity (Wildman–Crippen MR) is 68.3 cm³/mol. The van der Waals surface area contributed by atoms with E-state index in [0.717, 1.165) is 16.1 Å². The van der Waals surface area contributed by atoms with E-state index in [0.29, 0.717) is 0 Å². The van der Waals surface area contributed by atoms with Crippen LogP contribution in [0.5, 0.6) is 0 Å². The molecule has 0 unspecified atom stereocenters. The first kappa shape index (κ1) is 14.6. The number of sulfonamides is 1. The highest BCUT2D eigenvalue weighted by Gasteiger charge is 2.16. The van der Waals surface area contributed by atoms with Crippen LogP contribution in [0.15, 0.2) is 24.5 Å². The molecule has 0 saturated carbocycles. The van der Waals surface area contributed by atoms with E-state index in [-0.39, 0.29) is 18.5 Å². The van der Waals surface area contributed by atoms with Gasteiger partial charge in [0.2, 0.25) is 15.9 Å². The topological polar surface area (TPSA) is 79.4 Å². The van der Waals surface area contributed by atoms with Crippen LogP contribution in [0.4, 0.5) is 0 Å². The fourth-order valence-electron chi connectivity index (χ4n) is 1.32. The fourth-order valence-corrected chi connectivity index (χ4v) is 1.67. The molecule has 100 valence electrons. The van der Waals surface area contributed by atoms with E-state index in [1.165, 1.54) is 7.05 Å². The monoisotopic (exact) mass is 271 g/mol. The molecule has 1 aromatic heterocycles. The molecule has 7 heteroatoms. The van der Waals surface area contributed by atoms with Gasteiger partial charge in [0.25, 0.3) is 0 Å². The number of nitrogens with one attached hydrogen (secondary N) is 1. The number of rotatable bonds is 5. The number of carbonyl (C=O) groups excluding carboxylic acids is 1. The molecular weight excluding hydrogens is 254 g/mol. The van der Waals surface area contributed by atoms with Gasteiger partial charge in [-0.2, -0.15) is 4.31 Å². The first-order valence-electron chi connectivity index (χ1n) is 5.41. The fraction of sp³-hybridized carbons (Fsp3) is 0.455. The smallest absolute Gasteiger partial charge is 0.235 e. The van der Waals surface area contributed by atoms with E-state index < -0.39 is 10.0 Å². The Morgan fingerprint density at radius 1 is 1.56 bits per heavy atom. The Bertz CT molecular complexity index is 502. The van der Waals surface area contributed by atoms with Crippen molar-refractivity contribution in [2.75, 3.05) is 19.8 Å². The second-order valence-electron chi connectivity index (χ2n) is 4.09. The Kier molecular flexibility index (Phi) is 4.80. The standard InChI is InChI=1S/C11H17N3O3S/c1-9(10-5-4-6-12-7-10)13-11(15)8-14(2)18(3,16)17/h4-7,9H,8H2,1-3H3,(H,13,15)/t9-/m1/s1. The summed E-state index contributed by atoms with van der Waals surface area (Å²) < 4.78 is 23.3. The average Bonchev–Trinajstić information content (AvgIpc) is 2.28. The maximum absolute atomic E-state index is 11.6. The Labute approximate surface area is 107 Å². The van der Waals surface area contributed by atoms with Crippen molar-refractivity contribution in [1.82, 2.24) is 14.6 Å². The number of carbonyl (C=O) groups is 1. The van der Waals surface area contributed by atoms with Crippen molar-refractivity contribution in [2.24, 2.45) is 0 Å². The summed E-state index contributed by atoms with van der Waals surface area (Å²) in [7, 11) is -1.97. The Balaban J connectivity index is 2.56. The van der Waals surface area contributed by atoms with Gasteiger partial charge in [-0.05, 0) is 18.6 Å². The molecular formula is C11H17N3O3S. The Hall–Kier alpha value is -1.47. The zero-order chi connectivity index (χ0) is 13.8. The van der Waals surface area contributed by atoms with Gasteiger partial charge in [0.15, 0.2) is 0 Å². The second kappa shape index (κ2) is 5.92. The molecule has 0 aliphatic heterocycles. The molecule has 0 saturated heterocycles. The highest BCUT2D eigenvalue weighted by molar-refractivity contribution is 7.88. The van der Waals surface area contributed by atoms with Crippen LogP contribution in [0.3, 0.4) is 0 Å². The zero-order valence-electron chi connectivity index (χ0n) is 10.6. The largest absolute Gasteiger partial charge is 0.348 e. The highest BCUT2D eigenvalue weighted by atomic mass is 32.2. The van der Waals surface area contributed by atoms with Crippen LogP contribution in [0, 0.1) is 0 Å². The normalized spacial score (nSPS) is 13.3. The van der Waals surface area contributed by atoms with E-state index in [1.807, 2.05) is 13.0 Å². The quantitative estimate of drug-likeness (QED) is 0.826. The lowest BCUT2D eigenvalue weighted by atomic mass is 10.1. The van der Waals surface area contributed by atoms with E-state index in [4.69, 9.17) is 0 Å². The summed E-state index contributed by atoms with van der Waals surface area (Å²) >= 11 is 0. The minimum Gasteiger partial charge on any atom is -0.348 e. The van der Waals surface area contributed by atoms with Crippen molar-refractivity contribution >= 4 is 15.9 Å². The third-order valence-corrected chi connectivity index (χ3v) is 3.76. The number of pyridine rings is 1. The minimum atomic E-state index is -3.34. The number of aromatic nitrogens is 1. The first-order valence-corrected chi connectivity index (χ1v) is 7.26. The number of hydrogen-bond acceptors (Lipinski definition) is 4. The van der Waals surface area contributed by atoms with Crippen molar-refractivity contribution in [3.63, 3.8) is 0 Å². The van der Waals surface area contributed by atoms with Crippen LogP contribution < -0.4 is 5.32 Å². The third-order valence-electron chi connectivity index (χ3n) is 2.49. The van der Waals surface area contributed by atoms with Gasteiger partial charge in [-0.15, -0.1) is 0 Å². The van der Waals surface area contributed by atoms with Crippen LogP contribution in [-0.4, -0.2) is 43.5 Å². The zero-order valence-corrected chi connectivity index (χ0v) is 11.4. The van der Waals surface area contributed by atoms with Crippen LogP contribution in [0.1, 0.15) is 18.5 Å². The summed E-state index contributed by atoms with van der Waals surface area (Å²) in [6, 6.07) is 3.41. The summed E-state index contributed by atoms with van der Waals surface area (Å²) in [5.41, 5.74) is 0.868. The molecule has 0 spiro atoms. The molecule has 0 aliphatic rings. The van der Waals surface area contributed by atoms with E-state index in [2.05, 4.69) is 10.3 Å². The molecule has 18 heavy (non-hydrogen) atoms. The van der Waals surface area contributed by atoms with Crippen molar-refractivity contribution in [3.8, 4) is 0 Å². The lowest BCUT2D eigenvalue weighted by Crippen LogP contribution is -2.38. The summed E-state index contributed by atoms with van der Waals surface area (Å²) in [6.07, 6.45) is 4.37. The molecule has 0 fully saturated rings. The molecule has 0 radical (unpaired) electrons. The molecule has 0 aliphatic carbocycles. The summed E-state index contributed by atoms with van der Waals surface area (Å²) in [5, 5.41) is 2.71. The van der Waals surface area contributed by atoms with E-state index >= 15 is 0 Å². The van der Waals surface area contributed by atoms with Gasteiger partial charge in [-0.1, -0.05) is 6.07 Å². The van der Waals surface area contributed by atoms with Crippen molar-refractivity contribution in [1.29, 1.82) is 0 Å². The van der Waals surface area contributed by atoms with E-state index in [1.54, 1.807) is 18.5 Å². The van der Waals surface area contributed by atoms with Gasteiger partial charge >= 0.3 is 0 Å². The molecule has 1 N–H and O–H groups in total. The Morgan fingerprint density at radius 2 is 2.22 bits per heavy atom. The van der Waals surface area contributed by atoms with Crippen molar-refractivity contribution < 1.29 is 13.2 Å². The van der Waals surface area contributed by atoms with Crippen LogP contribution in [0.25, 0.3) is 0 Å². The van der Waals surface area contributed by atoms with E-state index in [9.17, 15) is 13.2 Å². The second-order valence-corrected chi connectivity index (χ2v) is 6.18. The maximum atomic E-state index is 11.6. The molecule has 0 aromatic carbocycles. The van der Waals surface area contributed by atoms with Crippen LogP contribution in [0.2, 0.25) is 0 Å². The number of nitrogens with zero attached hydrogens (tertiary/aromatic N) is 2. The summed E-state index contributed by atoms with van der Waals surface area (Å²) in [4.78, 5) is 15.6. The molecule has 6 nitrogen and oxygen atoms in total. The first-order chi connectivity index (χ1) is 8.30.